The molecule has 0 radical (unpaired) electrons. The molecule has 0 spiro atoms. The molecule has 5 N–H and O–H groups in total. The number of imidazole rings is 1. The molecule has 1 rings (SSSR count). The summed E-state index contributed by atoms with van der Waals surface area (Å²) in [5.41, 5.74) is 10.2. The number of nitrogens with zero attached hydrogens (tertiary/aromatic N) is 1. The number of rotatable bonds is 1. The minimum Gasteiger partial charge on any atom is -0.382 e. The van der Waals surface area contributed by atoms with E-state index in [-0.39, 0.29) is 11.5 Å². The molecule has 48 valence electrons. The number of aromatic nitrogens is 2. The van der Waals surface area contributed by atoms with Crippen molar-refractivity contribution in [3.63, 3.8) is 0 Å². The molecule has 5 nitrogen and oxygen atoms in total. The maximum atomic E-state index is 10.4. The van der Waals surface area contributed by atoms with E-state index in [1.54, 1.807) is 0 Å². The number of carbonyl (C=O) groups is 1. The van der Waals surface area contributed by atoms with E-state index in [2.05, 4.69) is 9.97 Å². The summed E-state index contributed by atoms with van der Waals surface area (Å²) in [5, 5.41) is 0. The van der Waals surface area contributed by atoms with Crippen molar-refractivity contribution in [1.29, 1.82) is 0 Å². The maximum absolute atomic E-state index is 10.4. The van der Waals surface area contributed by atoms with Gasteiger partial charge >= 0.3 is 0 Å². The van der Waals surface area contributed by atoms with Crippen LogP contribution >= 0.6 is 0 Å². The van der Waals surface area contributed by atoms with Gasteiger partial charge in [-0.15, -0.1) is 0 Å². The van der Waals surface area contributed by atoms with Gasteiger partial charge in [0.05, 0.1) is 6.33 Å². The molecule has 0 aliphatic heterocycles. The van der Waals surface area contributed by atoms with Crippen LogP contribution in [0.1, 0.15) is 10.5 Å². The highest BCUT2D eigenvalue weighted by Gasteiger charge is 2.05. The SMILES string of the molecule is [15NH2]C(=O)c1[nH]cnc1[15NH2]. The van der Waals surface area contributed by atoms with Gasteiger partial charge < -0.3 is 16.5 Å². The third-order valence-electron chi connectivity index (χ3n) is 0.915. The lowest BCUT2D eigenvalue weighted by molar-refractivity contribution is 0.0997. The molecule has 1 heterocycles. The largest absolute Gasteiger partial charge is 0.382 e. The fraction of sp³-hybridized carbons (Fsp3) is 0. The number of hydrogen-bond donors (Lipinski definition) is 3. The van der Waals surface area contributed by atoms with Crippen LogP contribution in [0.4, 0.5) is 5.82 Å². The lowest BCUT2D eigenvalue weighted by atomic mass is 10.4. The smallest absolute Gasteiger partial charge is 0.269 e. The molecule has 0 fully saturated rings. The third kappa shape index (κ3) is 0.835. The minimum absolute atomic E-state index is 0.141. The van der Waals surface area contributed by atoms with Crippen molar-refractivity contribution < 1.29 is 4.79 Å². The average Bonchev–Trinajstić information content (AvgIpc) is 2.13. The summed E-state index contributed by atoms with van der Waals surface area (Å²) in [4.78, 5) is 16.4. The fourth-order valence-electron chi connectivity index (χ4n) is 0.502. The highest BCUT2D eigenvalue weighted by atomic mass is 16.2. The molecular formula is C4H6N4O. The molecule has 0 unspecified atom stereocenters. The van der Waals surface area contributed by atoms with Crippen LogP contribution in [0.15, 0.2) is 6.33 Å². The van der Waals surface area contributed by atoms with Gasteiger partial charge in [0.1, 0.15) is 5.69 Å². The van der Waals surface area contributed by atoms with Crippen LogP contribution in [0.3, 0.4) is 0 Å². The first-order valence-electron chi connectivity index (χ1n) is 2.30. The molecule has 0 bridgehead atoms. The van der Waals surface area contributed by atoms with Crippen LogP contribution in [-0.4, -0.2) is 15.9 Å². The number of nitrogens with one attached hydrogen (secondary N) is 1. The van der Waals surface area contributed by atoms with Crippen molar-refractivity contribution in [2.75, 3.05) is 5.73 Å². The van der Waals surface area contributed by atoms with Gasteiger partial charge in [0, 0.05) is 0 Å². The molecule has 1 aromatic heterocycles. The van der Waals surface area contributed by atoms with Gasteiger partial charge in [-0.25, -0.2) is 4.98 Å². The van der Waals surface area contributed by atoms with Gasteiger partial charge in [-0.1, -0.05) is 0 Å². The minimum atomic E-state index is -0.593. The van der Waals surface area contributed by atoms with E-state index in [1.165, 1.54) is 6.33 Å². The number of anilines is 1. The molecule has 1 aromatic rings. The molecule has 5 heteroatoms. The van der Waals surface area contributed by atoms with Gasteiger partial charge in [-0.2, -0.15) is 0 Å². The highest BCUT2D eigenvalue weighted by molar-refractivity contribution is 5.94. The Kier molecular flexibility index (Phi) is 1.11. The molecule has 0 aromatic carbocycles. The lowest BCUT2D eigenvalue weighted by Crippen LogP contribution is -2.13. The van der Waals surface area contributed by atoms with Crippen LogP contribution in [-0.2, 0) is 0 Å². The number of amides is 1. The van der Waals surface area contributed by atoms with Crippen LogP contribution in [0.2, 0.25) is 0 Å². The Hall–Kier alpha value is -1.52. The normalized spacial score (nSPS) is 9.33. The molecule has 0 aliphatic carbocycles. The molecule has 0 aliphatic rings. The Labute approximate surface area is 51.1 Å². The number of nitrogens with two attached hydrogens (primary N) is 2. The number of hydrogen-bond acceptors (Lipinski definition) is 3. The van der Waals surface area contributed by atoms with Crippen LogP contribution < -0.4 is 11.5 Å². The number of H-pyrrole nitrogens is 1. The van der Waals surface area contributed by atoms with E-state index in [1.807, 2.05) is 0 Å². The number of primary amides is 1. The maximum Gasteiger partial charge on any atom is 0.269 e. The first kappa shape index (κ1) is 5.61. The average molecular weight is 128 g/mol. The van der Waals surface area contributed by atoms with E-state index >= 15 is 0 Å². The van der Waals surface area contributed by atoms with Gasteiger partial charge in [0.25, 0.3) is 5.91 Å². The Balaban J connectivity index is 3.08. The zero-order valence-electron chi connectivity index (χ0n) is 4.59. The molecule has 1 amide bonds. The predicted octanol–water partition coefficient (Wildman–Crippen LogP) is -0.909. The number of aromatic amines is 1. The second kappa shape index (κ2) is 1.77. The molecular weight excluding hydrogens is 122 g/mol. The first-order valence-corrected chi connectivity index (χ1v) is 2.30. The van der Waals surface area contributed by atoms with Crippen molar-refractivity contribution in [2.24, 2.45) is 5.73 Å². The molecule has 0 saturated carbocycles. The van der Waals surface area contributed by atoms with E-state index in [0.29, 0.717) is 0 Å². The predicted molar refractivity (Wildman–Crippen MR) is 31.5 cm³/mol. The van der Waals surface area contributed by atoms with Crippen molar-refractivity contribution in [3.8, 4) is 0 Å². The van der Waals surface area contributed by atoms with Crippen molar-refractivity contribution in [2.45, 2.75) is 0 Å². The second-order valence-corrected chi connectivity index (χ2v) is 1.53. The first-order chi connectivity index (χ1) is 4.22. The molecule has 0 saturated heterocycles. The summed E-state index contributed by atoms with van der Waals surface area (Å²) in [5.74, 6) is -0.451. The summed E-state index contributed by atoms with van der Waals surface area (Å²) in [6.45, 7) is 0. The Morgan fingerprint density at radius 1 is 1.78 bits per heavy atom. The Morgan fingerprint density at radius 2 is 2.44 bits per heavy atom. The molecule has 0 atom stereocenters. The van der Waals surface area contributed by atoms with E-state index in [9.17, 15) is 4.79 Å². The Morgan fingerprint density at radius 3 is 2.67 bits per heavy atom. The summed E-state index contributed by atoms with van der Waals surface area (Å²) in [7, 11) is 0. The highest BCUT2D eigenvalue weighted by Crippen LogP contribution is 2.00. The van der Waals surface area contributed by atoms with Gasteiger partial charge in [0.2, 0.25) is 0 Å². The van der Waals surface area contributed by atoms with Crippen LogP contribution in [0.25, 0.3) is 0 Å². The topological polar surface area (TPSA) is 97.8 Å². The number of nitrogen functional groups attached to an aromatic ring is 1. The zero-order valence-corrected chi connectivity index (χ0v) is 4.59. The summed E-state index contributed by atoms with van der Waals surface area (Å²) in [6.07, 6.45) is 1.31. The van der Waals surface area contributed by atoms with E-state index < -0.39 is 5.91 Å². The fourth-order valence-corrected chi connectivity index (χ4v) is 0.502. The van der Waals surface area contributed by atoms with E-state index in [4.69, 9.17) is 11.5 Å². The van der Waals surface area contributed by atoms with Gasteiger partial charge in [0.15, 0.2) is 5.82 Å². The lowest BCUT2D eigenvalue weighted by Gasteiger charge is -1.87. The monoisotopic (exact) mass is 128 g/mol. The van der Waals surface area contributed by atoms with Crippen LogP contribution in [0.5, 0.6) is 0 Å². The number of carbonyl (C=O) groups excluding carboxylic acids is 1. The van der Waals surface area contributed by atoms with Gasteiger partial charge in [-0.05, 0) is 0 Å². The van der Waals surface area contributed by atoms with Crippen molar-refractivity contribution >= 4 is 11.7 Å². The summed E-state index contributed by atoms with van der Waals surface area (Å²) in [6, 6.07) is 0. The third-order valence-corrected chi connectivity index (χ3v) is 0.915. The van der Waals surface area contributed by atoms with Gasteiger partial charge in [-0.3, -0.25) is 4.79 Å². The van der Waals surface area contributed by atoms with Crippen molar-refractivity contribution in [3.05, 3.63) is 12.0 Å². The quantitative estimate of drug-likeness (QED) is 0.427. The summed E-state index contributed by atoms with van der Waals surface area (Å²) < 4.78 is 0. The van der Waals surface area contributed by atoms with Crippen LogP contribution in [0, 0.1) is 0 Å². The van der Waals surface area contributed by atoms with Crippen molar-refractivity contribution in [1.82, 2.24) is 9.97 Å². The zero-order chi connectivity index (χ0) is 6.85. The standard InChI is InChI=1S/C4H6N4O/c5-3-2(4(6)9)7-1-8-3/h1H,5H2,(H2,6,9)(H,7,8)/i5+1,6+1. The Bertz CT molecular complexity index is 228. The molecule has 9 heavy (non-hydrogen) atoms. The second-order valence-electron chi connectivity index (χ2n) is 1.53. The summed E-state index contributed by atoms with van der Waals surface area (Å²) >= 11 is 0. The van der Waals surface area contributed by atoms with E-state index in [0.717, 1.165) is 0 Å².